The van der Waals surface area contributed by atoms with Crippen LogP contribution < -0.4 is 0 Å². The first-order chi connectivity index (χ1) is 8.65. The molecule has 1 heterocycles. The van der Waals surface area contributed by atoms with Gasteiger partial charge in [-0.05, 0) is 44.3 Å². The first-order valence-corrected chi connectivity index (χ1v) is 6.66. The molecule has 1 aliphatic heterocycles. The normalized spacial score (nSPS) is 17.8. The van der Waals surface area contributed by atoms with Crippen molar-refractivity contribution in [3.63, 3.8) is 0 Å². The van der Waals surface area contributed by atoms with Gasteiger partial charge in [0.15, 0.2) is 0 Å². The summed E-state index contributed by atoms with van der Waals surface area (Å²) in [4.78, 5) is 12.8. The minimum Gasteiger partial charge on any atom is -0.481 e. The van der Waals surface area contributed by atoms with E-state index in [4.69, 9.17) is 5.11 Å². The highest BCUT2D eigenvalue weighted by Gasteiger charge is 2.20. The second-order valence-electron chi connectivity index (χ2n) is 5.17. The Labute approximate surface area is 108 Å². The van der Waals surface area contributed by atoms with Crippen LogP contribution >= 0.6 is 0 Å². The number of hydrogen-bond acceptors (Lipinski definition) is 2. The van der Waals surface area contributed by atoms with Crippen molar-refractivity contribution in [3.8, 4) is 0 Å². The largest absolute Gasteiger partial charge is 0.481 e. The van der Waals surface area contributed by atoms with Gasteiger partial charge in [0.1, 0.15) is 0 Å². The van der Waals surface area contributed by atoms with E-state index in [9.17, 15) is 4.79 Å². The molecule has 3 nitrogen and oxygen atoms in total. The zero-order valence-electron chi connectivity index (χ0n) is 10.9. The molecule has 1 N–H and O–H groups in total. The predicted molar refractivity (Wildman–Crippen MR) is 71.8 cm³/mol. The number of hydrogen-bond donors (Lipinski definition) is 1. The Bertz CT molecular complexity index is 409. The molecule has 0 saturated carbocycles. The number of carboxylic acid groups (broad SMARTS) is 1. The highest BCUT2D eigenvalue weighted by molar-refractivity contribution is 5.66. The summed E-state index contributed by atoms with van der Waals surface area (Å²) in [7, 11) is 0. The molecule has 3 heteroatoms. The summed E-state index contributed by atoms with van der Waals surface area (Å²) in [5.74, 6) is -0.0539. The number of benzene rings is 1. The predicted octanol–water partition coefficient (Wildman–Crippen LogP) is 2.65. The molecule has 0 spiro atoms. The quantitative estimate of drug-likeness (QED) is 0.889. The van der Waals surface area contributed by atoms with Gasteiger partial charge in [0.25, 0.3) is 0 Å². The fraction of sp³-hybridized carbons (Fsp3) is 0.533. The van der Waals surface area contributed by atoms with E-state index in [-0.39, 0.29) is 6.42 Å². The lowest BCUT2D eigenvalue weighted by atomic mass is 9.88. The molecule has 98 valence electrons. The van der Waals surface area contributed by atoms with E-state index in [2.05, 4.69) is 36.1 Å². The third kappa shape index (κ3) is 3.57. The fourth-order valence-corrected chi connectivity index (χ4v) is 2.67. The van der Waals surface area contributed by atoms with E-state index < -0.39 is 5.97 Å². The Kier molecular flexibility index (Phi) is 4.37. The van der Waals surface area contributed by atoms with Crippen LogP contribution in [0, 0.1) is 6.92 Å². The molecule has 1 aromatic carbocycles. The Balaban J connectivity index is 1.85. The lowest BCUT2D eigenvalue weighted by Crippen LogP contribution is -2.34. The van der Waals surface area contributed by atoms with Crippen LogP contribution in [0.25, 0.3) is 0 Å². The number of nitrogens with zero attached hydrogens (tertiary/aromatic N) is 1. The number of aryl methyl sites for hydroxylation is 1. The topological polar surface area (TPSA) is 40.5 Å². The molecule has 0 aliphatic carbocycles. The molecule has 0 amide bonds. The molecule has 1 aromatic rings. The highest BCUT2D eigenvalue weighted by Crippen LogP contribution is 2.28. The second kappa shape index (κ2) is 6.01. The molecule has 0 radical (unpaired) electrons. The molecule has 18 heavy (non-hydrogen) atoms. The van der Waals surface area contributed by atoms with E-state index in [1.807, 2.05) is 0 Å². The maximum atomic E-state index is 10.5. The standard InChI is InChI=1S/C15H21NO2/c1-12-3-2-4-14(11-12)13-5-8-16(9-6-13)10-7-15(17)18/h2-4,11,13H,5-10H2,1H3,(H,17,18). The maximum absolute atomic E-state index is 10.5. The number of likely N-dealkylation sites (tertiary alicyclic amines) is 1. The van der Waals surface area contributed by atoms with Gasteiger partial charge >= 0.3 is 5.97 Å². The summed E-state index contributed by atoms with van der Waals surface area (Å²) in [6.07, 6.45) is 2.54. The average Bonchev–Trinajstić information content (AvgIpc) is 2.37. The summed E-state index contributed by atoms with van der Waals surface area (Å²) in [6.45, 7) is 4.86. The number of piperidine rings is 1. The molecule has 0 bridgehead atoms. The van der Waals surface area contributed by atoms with E-state index in [0.717, 1.165) is 25.9 Å². The van der Waals surface area contributed by atoms with Gasteiger partial charge in [-0.1, -0.05) is 29.8 Å². The van der Waals surface area contributed by atoms with Crippen LogP contribution in [0.4, 0.5) is 0 Å². The summed E-state index contributed by atoms with van der Waals surface area (Å²) in [6, 6.07) is 8.75. The van der Waals surface area contributed by atoms with Crippen molar-refractivity contribution in [3.05, 3.63) is 35.4 Å². The van der Waals surface area contributed by atoms with Gasteiger partial charge in [-0.25, -0.2) is 0 Å². The summed E-state index contributed by atoms with van der Waals surface area (Å²) >= 11 is 0. The Morgan fingerprint density at radius 1 is 1.39 bits per heavy atom. The summed E-state index contributed by atoms with van der Waals surface area (Å²) < 4.78 is 0. The van der Waals surface area contributed by atoms with Crippen LogP contribution in [0.5, 0.6) is 0 Å². The van der Waals surface area contributed by atoms with Crippen molar-refractivity contribution in [2.45, 2.75) is 32.1 Å². The zero-order valence-corrected chi connectivity index (χ0v) is 10.9. The number of carboxylic acids is 1. The van der Waals surface area contributed by atoms with Crippen molar-refractivity contribution in [2.75, 3.05) is 19.6 Å². The SMILES string of the molecule is Cc1cccc(C2CCN(CCC(=O)O)CC2)c1. The van der Waals surface area contributed by atoms with E-state index >= 15 is 0 Å². The maximum Gasteiger partial charge on any atom is 0.304 e. The third-order valence-corrected chi connectivity index (χ3v) is 3.74. The van der Waals surface area contributed by atoms with Crippen LogP contribution in [0.3, 0.4) is 0 Å². The Morgan fingerprint density at radius 2 is 2.11 bits per heavy atom. The molecule has 0 unspecified atom stereocenters. The average molecular weight is 247 g/mol. The smallest absolute Gasteiger partial charge is 0.304 e. The Morgan fingerprint density at radius 3 is 2.72 bits per heavy atom. The van der Waals surface area contributed by atoms with Gasteiger partial charge in [0, 0.05) is 6.54 Å². The van der Waals surface area contributed by atoms with E-state index in [0.29, 0.717) is 12.5 Å². The number of rotatable bonds is 4. The first kappa shape index (κ1) is 13.1. The van der Waals surface area contributed by atoms with Gasteiger partial charge < -0.3 is 10.0 Å². The molecule has 1 fully saturated rings. The van der Waals surface area contributed by atoms with Crippen molar-refractivity contribution in [1.29, 1.82) is 0 Å². The molecule has 1 aliphatic rings. The van der Waals surface area contributed by atoms with Crippen LogP contribution in [-0.2, 0) is 4.79 Å². The van der Waals surface area contributed by atoms with Crippen molar-refractivity contribution in [2.24, 2.45) is 0 Å². The third-order valence-electron chi connectivity index (χ3n) is 3.74. The summed E-state index contributed by atoms with van der Waals surface area (Å²) in [5.41, 5.74) is 2.76. The molecule has 1 saturated heterocycles. The van der Waals surface area contributed by atoms with E-state index in [1.165, 1.54) is 11.1 Å². The van der Waals surface area contributed by atoms with Gasteiger partial charge in [-0.15, -0.1) is 0 Å². The van der Waals surface area contributed by atoms with Crippen LogP contribution in [0.2, 0.25) is 0 Å². The lowest BCUT2D eigenvalue weighted by Gasteiger charge is -2.31. The van der Waals surface area contributed by atoms with Crippen LogP contribution in [-0.4, -0.2) is 35.6 Å². The number of carbonyl (C=O) groups is 1. The highest BCUT2D eigenvalue weighted by atomic mass is 16.4. The van der Waals surface area contributed by atoms with Gasteiger partial charge in [0.2, 0.25) is 0 Å². The lowest BCUT2D eigenvalue weighted by molar-refractivity contribution is -0.137. The summed E-state index contributed by atoms with van der Waals surface area (Å²) in [5, 5.41) is 8.68. The van der Waals surface area contributed by atoms with Crippen molar-refractivity contribution >= 4 is 5.97 Å². The Hall–Kier alpha value is -1.35. The number of aliphatic carboxylic acids is 1. The van der Waals surface area contributed by atoms with Crippen molar-refractivity contribution in [1.82, 2.24) is 4.90 Å². The minimum absolute atomic E-state index is 0.259. The first-order valence-electron chi connectivity index (χ1n) is 6.66. The molecule has 2 rings (SSSR count). The zero-order chi connectivity index (χ0) is 13.0. The fourth-order valence-electron chi connectivity index (χ4n) is 2.67. The molecular formula is C15H21NO2. The molecule has 0 atom stereocenters. The van der Waals surface area contributed by atoms with Crippen LogP contribution in [0.1, 0.15) is 36.3 Å². The van der Waals surface area contributed by atoms with Gasteiger partial charge in [-0.2, -0.15) is 0 Å². The van der Waals surface area contributed by atoms with Gasteiger partial charge in [0.05, 0.1) is 6.42 Å². The van der Waals surface area contributed by atoms with Crippen LogP contribution in [0.15, 0.2) is 24.3 Å². The molecular weight excluding hydrogens is 226 g/mol. The monoisotopic (exact) mass is 247 g/mol. The minimum atomic E-state index is -0.698. The second-order valence-corrected chi connectivity index (χ2v) is 5.17. The van der Waals surface area contributed by atoms with Crippen molar-refractivity contribution < 1.29 is 9.90 Å². The van der Waals surface area contributed by atoms with Gasteiger partial charge in [-0.3, -0.25) is 4.79 Å². The molecule has 0 aromatic heterocycles. The van der Waals surface area contributed by atoms with E-state index in [1.54, 1.807) is 0 Å².